The summed E-state index contributed by atoms with van der Waals surface area (Å²) < 4.78 is 5.67. The molecule has 0 fully saturated rings. The van der Waals surface area contributed by atoms with Crippen molar-refractivity contribution in [3.8, 4) is 5.75 Å². The first kappa shape index (κ1) is 12.6. The highest BCUT2D eigenvalue weighted by Crippen LogP contribution is 2.22. The van der Waals surface area contributed by atoms with Crippen LogP contribution in [0.15, 0.2) is 24.3 Å². The molecule has 1 aromatic carbocycles. The topological polar surface area (TPSA) is 59.1 Å². The third kappa shape index (κ3) is 3.26. The van der Waals surface area contributed by atoms with Gasteiger partial charge in [-0.2, -0.15) is 0 Å². The van der Waals surface area contributed by atoms with E-state index in [0.717, 1.165) is 17.7 Å². The minimum absolute atomic E-state index is 0.209. The fourth-order valence-electron chi connectivity index (χ4n) is 1.27. The zero-order valence-corrected chi connectivity index (χ0v) is 10.2. The van der Waals surface area contributed by atoms with Gasteiger partial charge >= 0.3 is 0 Å². The second kappa shape index (κ2) is 5.01. The first-order chi connectivity index (χ1) is 7.43. The molecule has 0 spiro atoms. The van der Waals surface area contributed by atoms with E-state index in [9.17, 15) is 0 Å². The highest BCUT2D eigenvalue weighted by molar-refractivity contribution is 5.82. The Hall–Kier alpha value is -1.51. The van der Waals surface area contributed by atoms with E-state index in [1.54, 1.807) is 0 Å². The summed E-state index contributed by atoms with van der Waals surface area (Å²) >= 11 is 0. The average molecular weight is 220 g/mol. The minimum Gasteiger partial charge on any atom is -0.493 e. The van der Waals surface area contributed by atoms with Gasteiger partial charge in [0.2, 0.25) is 0 Å². The summed E-state index contributed by atoms with van der Waals surface area (Å²) in [6.45, 7) is 6.51. The summed E-state index contributed by atoms with van der Waals surface area (Å²) in [5.74, 6) is 1.11. The summed E-state index contributed by atoms with van der Waals surface area (Å²) in [4.78, 5) is 0. The molecule has 0 atom stereocenters. The molecular formula is C13H20N2O. The zero-order valence-electron chi connectivity index (χ0n) is 10.2. The van der Waals surface area contributed by atoms with E-state index >= 15 is 0 Å². The molecule has 0 aromatic heterocycles. The Balaban J connectivity index is 2.48. The largest absolute Gasteiger partial charge is 0.493 e. The van der Waals surface area contributed by atoms with Crippen LogP contribution in [0.5, 0.6) is 5.75 Å². The first-order valence-corrected chi connectivity index (χ1v) is 5.46. The van der Waals surface area contributed by atoms with Crippen LogP contribution in [0.1, 0.15) is 25.8 Å². The molecule has 1 aromatic rings. The lowest BCUT2D eigenvalue weighted by molar-refractivity contribution is 0.267. The van der Waals surface area contributed by atoms with Crippen LogP contribution in [0.2, 0.25) is 0 Å². The predicted octanol–water partition coefficient (Wildman–Crippen LogP) is 2.73. The van der Waals surface area contributed by atoms with Crippen LogP contribution >= 0.6 is 0 Å². The van der Waals surface area contributed by atoms with Gasteiger partial charge in [-0.3, -0.25) is 5.41 Å². The van der Waals surface area contributed by atoms with Gasteiger partial charge in [-0.1, -0.05) is 32.0 Å². The van der Waals surface area contributed by atoms with Crippen molar-refractivity contribution in [1.82, 2.24) is 0 Å². The predicted molar refractivity (Wildman–Crippen MR) is 67.0 cm³/mol. The van der Waals surface area contributed by atoms with E-state index in [4.69, 9.17) is 15.9 Å². The number of ether oxygens (including phenoxy) is 1. The number of nitrogens with one attached hydrogen (secondary N) is 1. The number of rotatable bonds is 5. The monoisotopic (exact) mass is 220 g/mol. The lowest BCUT2D eigenvalue weighted by Crippen LogP contribution is -2.32. The second-order valence-corrected chi connectivity index (χ2v) is 4.66. The van der Waals surface area contributed by atoms with Crippen molar-refractivity contribution in [2.45, 2.75) is 27.2 Å². The zero-order chi connectivity index (χ0) is 12.2. The Labute approximate surface area is 97.1 Å². The van der Waals surface area contributed by atoms with Crippen molar-refractivity contribution >= 4 is 5.84 Å². The van der Waals surface area contributed by atoms with Crippen LogP contribution < -0.4 is 10.5 Å². The van der Waals surface area contributed by atoms with Gasteiger partial charge in [0, 0.05) is 5.41 Å². The van der Waals surface area contributed by atoms with Gasteiger partial charge in [-0.05, 0) is 25.0 Å². The van der Waals surface area contributed by atoms with Gasteiger partial charge < -0.3 is 10.5 Å². The highest BCUT2D eigenvalue weighted by Gasteiger charge is 2.21. The molecule has 0 radical (unpaired) electrons. The molecule has 0 bridgehead atoms. The van der Waals surface area contributed by atoms with Crippen molar-refractivity contribution in [2.24, 2.45) is 11.1 Å². The lowest BCUT2D eigenvalue weighted by atomic mass is 9.88. The molecule has 0 aliphatic carbocycles. The van der Waals surface area contributed by atoms with E-state index in [2.05, 4.69) is 0 Å². The average Bonchev–Trinajstić information content (AvgIpc) is 2.20. The lowest BCUT2D eigenvalue weighted by Gasteiger charge is -2.22. The van der Waals surface area contributed by atoms with Crippen LogP contribution in [-0.4, -0.2) is 12.4 Å². The van der Waals surface area contributed by atoms with Gasteiger partial charge in [0.15, 0.2) is 0 Å². The fraction of sp³-hybridized carbons (Fsp3) is 0.462. The Morgan fingerprint density at radius 3 is 2.56 bits per heavy atom. The van der Waals surface area contributed by atoms with Crippen molar-refractivity contribution < 1.29 is 4.74 Å². The molecule has 0 amide bonds. The Morgan fingerprint density at radius 2 is 2.00 bits per heavy atom. The number of hydrogen-bond acceptors (Lipinski definition) is 2. The summed E-state index contributed by atoms with van der Waals surface area (Å²) in [6, 6.07) is 7.92. The smallest absolute Gasteiger partial charge is 0.122 e. The molecule has 3 N–H and O–H groups in total. The molecule has 0 aliphatic rings. The van der Waals surface area contributed by atoms with Gasteiger partial charge in [0.1, 0.15) is 5.75 Å². The molecule has 1 rings (SSSR count). The van der Waals surface area contributed by atoms with Crippen LogP contribution in [0.25, 0.3) is 0 Å². The molecule has 16 heavy (non-hydrogen) atoms. The molecule has 0 aliphatic heterocycles. The minimum atomic E-state index is -0.289. The fourth-order valence-corrected chi connectivity index (χ4v) is 1.27. The van der Waals surface area contributed by atoms with E-state index in [-0.39, 0.29) is 11.3 Å². The van der Waals surface area contributed by atoms with E-state index in [1.807, 2.05) is 45.0 Å². The number of para-hydroxylation sites is 1. The van der Waals surface area contributed by atoms with E-state index in [1.165, 1.54) is 0 Å². The second-order valence-electron chi connectivity index (χ2n) is 4.66. The third-order valence-corrected chi connectivity index (χ3v) is 2.81. The Morgan fingerprint density at radius 1 is 1.38 bits per heavy atom. The maximum atomic E-state index is 7.44. The molecule has 0 saturated heterocycles. The maximum absolute atomic E-state index is 7.44. The van der Waals surface area contributed by atoms with Crippen LogP contribution in [0.4, 0.5) is 0 Å². The quantitative estimate of drug-likeness (QED) is 0.592. The molecule has 0 saturated carbocycles. The number of benzene rings is 1. The normalized spacial score (nSPS) is 11.2. The van der Waals surface area contributed by atoms with Crippen LogP contribution in [-0.2, 0) is 0 Å². The van der Waals surface area contributed by atoms with E-state index in [0.29, 0.717) is 6.61 Å². The van der Waals surface area contributed by atoms with Gasteiger partial charge in [0.05, 0.1) is 12.4 Å². The number of amidine groups is 1. The van der Waals surface area contributed by atoms with Gasteiger partial charge in [0.25, 0.3) is 0 Å². The van der Waals surface area contributed by atoms with Crippen LogP contribution in [0, 0.1) is 17.7 Å². The van der Waals surface area contributed by atoms with Crippen molar-refractivity contribution in [1.29, 1.82) is 5.41 Å². The summed E-state index contributed by atoms with van der Waals surface area (Å²) in [5.41, 5.74) is 6.35. The summed E-state index contributed by atoms with van der Waals surface area (Å²) in [6.07, 6.45) is 0.747. The molecule has 0 heterocycles. The molecule has 3 heteroatoms. The Kier molecular flexibility index (Phi) is 3.93. The molecule has 88 valence electrons. The molecular weight excluding hydrogens is 200 g/mol. The SMILES string of the molecule is Cc1ccccc1OCCC(C)(C)C(=N)N. The maximum Gasteiger partial charge on any atom is 0.122 e. The Bertz CT molecular complexity index is 372. The van der Waals surface area contributed by atoms with Crippen molar-refractivity contribution in [2.75, 3.05) is 6.61 Å². The number of nitrogens with two attached hydrogens (primary N) is 1. The number of hydrogen-bond donors (Lipinski definition) is 2. The van der Waals surface area contributed by atoms with Gasteiger partial charge in [-0.15, -0.1) is 0 Å². The first-order valence-electron chi connectivity index (χ1n) is 5.46. The summed E-state index contributed by atoms with van der Waals surface area (Å²) in [7, 11) is 0. The number of aryl methyl sites for hydroxylation is 1. The van der Waals surface area contributed by atoms with Gasteiger partial charge in [-0.25, -0.2) is 0 Å². The van der Waals surface area contributed by atoms with E-state index < -0.39 is 0 Å². The standard InChI is InChI=1S/C13H20N2O/c1-10-6-4-5-7-11(10)16-9-8-13(2,3)12(14)15/h4-7H,8-9H2,1-3H3,(H3,14,15). The molecule has 3 nitrogen and oxygen atoms in total. The third-order valence-electron chi connectivity index (χ3n) is 2.81. The van der Waals surface area contributed by atoms with Crippen molar-refractivity contribution in [3.05, 3.63) is 29.8 Å². The highest BCUT2D eigenvalue weighted by atomic mass is 16.5. The van der Waals surface area contributed by atoms with Crippen LogP contribution in [0.3, 0.4) is 0 Å². The van der Waals surface area contributed by atoms with Crippen molar-refractivity contribution in [3.63, 3.8) is 0 Å². The molecule has 0 unspecified atom stereocenters. The summed E-state index contributed by atoms with van der Waals surface area (Å²) in [5, 5.41) is 7.44.